The fraction of sp³-hybridized carbons (Fsp3) is 0.450. The maximum atomic E-state index is 12.8. The van der Waals surface area contributed by atoms with Crippen LogP contribution in [0.5, 0.6) is 5.88 Å². The number of carbonyl (C=O) groups excluding carboxylic acids is 1. The van der Waals surface area contributed by atoms with Crippen LogP contribution < -0.4 is 4.74 Å². The van der Waals surface area contributed by atoms with Crippen molar-refractivity contribution in [2.24, 2.45) is 5.92 Å². The topological polar surface area (TPSA) is 64.6 Å². The summed E-state index contributed by atoms with van der Waals surface area (Å²) in [5.74, 6) is -1.10. The van der Waals surface area contributed by atoms with Gasteiger partial charge < -0.3 is 14.4 Å². The monoisotopic (exact) mass is 407 g/mol. The highest BCUT2D eigenvalue weighted by atomic mass is 19.4. The Morgan fingerprint density at radius 2 is 2.03 bits per heavy atom. The molecule has 2 heterocycles. The highest BCUT2D eigenvalue weighted by molar-refractivity contribution is 5.83. The predicted octanol–water partition coefficient (Wildman–Crippen LogP) is 2.91. The zero-order chi connectivity index (χ0) is 20.4. The predicted molar refractivity (Wildman–Crippen MR) is 96.1 cm³/mol. The van der Waals surface area contributed by atoms with E-state index in [2.05, 4.69) is 9.97 Å². The summed E-state index contributed by atoms with van der Waals surface area (Å²) in [6, 6.07) is 11.2. The average molecular weight is 407 g/mol. The maximum absolute atomic E-state index is 12.8. The number of carbonyl (C=O) groups is 1. The number of benzene rings is 1. The second-order valence-electron chi connectivity index (χ2n) is 7.16. The molecular weight excluding hydrogens is 387 g/mol. The van der Waals surface area contributed by atoms with Crippen molar-refractivity contribution in [3.05, 3.63) is 54.0 Å². The number of rotatable bonds is 5. The molecule has 2 aromatic rings. The summed E-state index contributed by atoms with van der Waals surface area (Å²) in [7, 11) is 0. The van der Waals surface area contributed by atoms with Gasteiger partial charge in [0.25, 0.3) is 0 Å². The van der Waals surface area contributed by atoms with E-state index in [-0.39, 0.29) is 30.2 Å². The fourth-order valence-electron chi connectivity index (χ4n) is 3.53. The molecule has 1 aromatic heterocycles. The first kappa shape index (κ1) is 19.6. The number of amides is 1. The third-order valence-corrected chi connectivity index (χ3v) is 5.09. The summed E-state index contributed by atoms with van der Waals surface area (Å²) in [5, 5.41) is 0. The van der Waals surface area contributed by atoms with E-state index in [1.54, 1.807) is 4.90 Å². The molecule has 9 heteroatoms. The highest BCUT2D eigenvalue weighted by Crippen LogP contribution is 2.48. The van der Waals surface area contributed by atoms with E-state index in [0.717, 1.165) is 12.6 Å². The quantitative estimate of drug-likeness (QED) is 0.763. The molecule has 0 N–H and O–H groups in total. The number of ether oxygens (including phenoxy) is 2. The van der Waals surface area contributed by atoms with Crippen molar-refractivity contribution in [2.75, 3.05) is 26.3 Å². The zero-order valence-electron chi connectivity index (χ0n) is 15.5. The third-order valence-electron chi connectivity index (χ3n) is 5.09. The van der Waals surface area contributed by atoms with Gasteiger partial charge in [0.05, 0.1) is 13.2 Å². The molecule has 1 aliphatic carbocycles. The first-order valence-corrected chi connectivity index (χ1v) is 9.40. The number of morpholine rings is 1. The van der Waals surface area contributed by atoms with Crippen LogP contribution in [-0.2, 0) is 15.7 Å². The molecule has 1 aliphatic heterocycles. The Balaban J connectivity index is 1.31. The number of halogens is 3. The van der Waals surface area contributed by atoms with E-state index < -0.39 is 18.1 Å². The lowest BCUT2D eigenvalue weighted by molar-refractivity contribution is -0.145. The molecule has 4 rings (SSSR count). The first-order chi connectivity index (χ1) is 13.9. The zero-order valence-corrected chi connectivity index (χ0v) is 15.5. The van der Waals surface area contributed by atoms with Gasteiger partial charge in [0, 0.05) is 24.7 Å². The Morgan fingerprint density at radius 1 is 1.24 bits per heavy atom. The van der Waals surface area contributed by atoms with Crippen LogP contribution in [0.1, 0.15) is 23.7 Å². The Morgan fingerprint density at radius 3 is 2.79 bits per heavy atom. The molecule has 2 aliphatic rings. The van der Waals surface area contributed by atoms with Crippen molar-refractivity contribution in [3.8, 4) is 5.88 Å². The van der Waals surface area contributed by atoms with Crippen molar-refractivity contribution in [1.82, 2.24) is 14.9 Å². The lowest BCUT2D eigenvalue weighted by Gasteiger charge is -2.33. The standard InChI is InChI=1S/C20H20F3N3O3/c21-20(22,23)19-24-7-6-17(25-19)29-12-14-11-26(8-9-28-14)18(27)16-10-15(16)13-4-2-1-3-5-13/h1-7,14-16H,8-12H2/t14?,15-,16+/m0/s1. The van der Waals surface area contributed by atoms with Crippen LogP contribution in [0.4, 0.5) is 13.2 Å². The average Bonchev–Trinajstić information content (AvgIpc) is 3.53. The lowest BCUT2D eigenvalue weighted by atomic mass is 10.1. The molecule has 1 aromatic carbocycles. The van der Waals surface area contributed by atoms with Gasteiger partial charge >= 0.3 is 6.18 Å². The second kappa shape index (κ2) is 7.98. The fourth-order valence-corrected chi connectivity index (χ4v) is 3.53. The van der Waals surface area contributed by atoms with Crippen molar-refractivity contribution < 1.29 is 27.4 Å². The molecule has 29 heavy (non-hydrogen) atoms. The number of hydrogen-bond donors (Lipinski definition) is 0. The SMILES string of the molecule is O=C([C@@H]1C[C@H]1c1ccccc1)N1CCOC(COc2ccnc(C(F)(F)F)n2)C1. The van der Waals surface area contributed by atoms with Crippen molar-refractivity contribution in [3.63, 3.8) is 0 Å². The molecule has 0 spiro atoms. The van der Waals surface area contributed by atoms with E-state index in [1.165, 1.54) is 11.6 Å². The maximum Gasteiger partial charge on any atom is 0.451 e. The first-order valence-electron chi connectivity index (χ1n) is 9.40. The van der Waals surface area contributed by atoms with E-state index >= 15 is 0 Å². The smallest absolute Gasteiger partial charge is 0.451 e. The summed E-state index contributed by atoms with van der Waals surface area (Å²) >= 11 is 0. The van der Waals surface area contributed by atoms with Crippen LogP contribution in [0.3, 0.4) is 0 Å². The molecule has 0 bridgehead atoms. The van der Waals surface area contributed by atoms with Gasteiger partial charge in [-0.15, -0.1) is 0 Å². The summed E-state index contributed by atoms with van der Waals surface area (Å²) in [6.45, 7) is 1.21. The van der Waals surface area contributed by atoms with Gasteiger partial charge in [0.1, 0.15) is 12.7 Å². The largest absolute Gasteiger partial charge is 0.475 e. The molecule has 3 atom stereocenters. The number of alkyl halides is 3. The highest BCUT2D eigenvalue weighted by Gasteiger charge is 2.46. The van der Waals surface area contributed by atoms with Gasteiger partial charge in [-0.2, -0.15) is 18.2 Å². The van der Waals surface area contributed by atoms with Crippen molar-refractivity contribution >= 4 is 5.91 Å². The van der Waals surface area contributed by atoms with Gasteiger partial charge in [-0.25, -0.2) is 4.98 Å². The lowest BCUT2D eigenvalue weighted by Crippen LogP contribution is -2.48. The Bertz CT molecular complexity index is 863. The van der Waals surface area contributed by atoms with Crippen molar-refractivity contribution in [1.29, 1.82) is 0 Å². The summed E-state index contributed by atoms with van der Waals surface area (Å²) in [4.78, 5) is 21.1. The van der Waals surface area contributed by atoms with Gasteiger partial charge in [-0.1, -0.05) is 30.3 Å². The molecule has 154 valence electrons. The summed E-state index contributed by atoms with van der Waals surface area (Å²) < 4.78 is 49.0. The minimum atomic E-state index is -4.64. The van der Waals surface area contributed by atoms with E-state index in [1.807, 2.05) is 30.3 Å². The van der Waals surface area contributed by atoms with Gasteiger partial charge in [-0.05, 0) is 17.9 Å². The molecule has 1 unspecified atom stereocenters. The Kier molecular flexibility index (Phi) is 5.40. The van der Waals surface area contributed by atoms with Crippen LogP contribution >= 0.6 is 0 Å². The van der Waals surface area contributed by atoms with Gasteiger partial charge in [0.2, 0.25) is 17.6 Å². The van der Waals surface area contributed by atoms with Crippen LogP contribution in [-0.4, -0.2) is 53.2 Å². The van der Waals surface area contributed by atoms with Crippen LogP contribution in [0.15, 0.2) is 42.6 Å². The van der Waals surface area contributed by atoms with Crippen molar-refractivity contribution in [2.45, 2.75) is 24.6 Å². The molecule has 1 saturated carbocycles. The van der Waals surface area contributed by atoms with Crippen LogP contribution in [0.2, 0.25) is 0 Å². The summed E-state index contributed by atoms with van der Waals surface area (Å²) in [5.41, 5.74) is 1.17. The Labute approximate surface area is 165 Å². The van der Waals surface area contributed by atoms with Crippen LogP contribution in [0.25, 0.3) is 0 Å². The molecule has 0 radical (unpaired) electrons. The van der Waals surface area contributed by atoms with E-state index in [4.69, 9.17) is 9.47 Å². The Hall–Kier alpha value is -2.68. The summed E-state index contributed by atoms with van der Waals surface area (Å²) in [6.07, 6.45) is -3.23. The minimum absolute atomic E-state index is 0.00483. The molecule has 6 nitrogen and oxygen atoms in total. The second-order valence-corrected chi connectivity index (χ2v) is 7.16. The van der Waals surface area contributed by atoms with Gasteiger partial charge in [-0.3, -0.25) is 4.79 Å². The normalized spacial score (nSPS) is 24.2. The molecule has 2 fully saturated rings. The van der Waals surface area contributed by atoms with E-state index in [0.29, 0.717) is 19.7 Å². The number of nitrogens with zero attached hydrogens (tertiary/aromatic N) is 3. The number of aromatic nitrogens is 2. The van der Waals surface area contributed by atoms with E-state index in [9.17, 15) is 18.0 Å². The minimum Gasteiger partial charge on any atom is -0.475 e. The molecule has 1 saturated heterocycles. The van der Waals surface area contributed by atoms with Gasteiger partial charge in [0.15, 0.2) is 0 Å². The van der Waals surface area contributed by atoms with Crippen LogP contribution in [0, 0.1) is 5.92 Å². The molecule has 1 amide bonds. The number of hydrogen-bond acceptors (Lipinski definition) is 5. The third kappa shape index (κ3) is 4.67. The molecular formula is C20H20F3N3O3.